The number of halogens is 5. The number of aliphatic hydroxyl groups is 1. The van der Waals surface area contributed by atoms with E-state index in [4.69, 9.17) is 5.11 Å². The highest BCUT2D eigenvalue weighted by Gasteiger charge is 2.26. The predicted molar refractivity (Wildman–Crippen MR) is 58.9 cm³/mol. The second kappa shape index (κ2) is 6.29. The van der Waals surface area contributed by atoms with E-state index < -0.39 is 47.3 Å². The van der Waals surface area contributed by atoms with Gasteiger partial charge in [0.15, 0.2) is 23.3 Å². The maximum Gasteiger partial charge on any atom is 0.200 e. The molecule has 0 aliphatic carbocycles. The Kier molecular flexibility index (Phi) is 5.25. The number of hydrogen-bond donors (Lipinski definition) is 1. The largest absolute Gasteiger partial charge is 0.393 e. The standard InChI is InChI=1S/C12H14F5NO/c1-6(19)3-4-18(2)5-7-8(13)10(15)12(17)11(16)9(7)14/h6,19H,3-5H2,1-2H3. The van der Waals surface area contributed by atoms with E-state index in [9.17, 15) is 22.0 Å². The Balaban J connectivity index is 2.95. The van der Waals surface area contributed by atoms with Crippen LogP contribution in [0.4, 0.5) is 22.0 Å². The summed E-state index contributed by atoms with van der Waals surface area (Å²) in [5, 5.41) is 9.06. The van der Waals surface area contributed by atoms with E-state index in [2.05, 4.69) is 0 Å². The Morgan fingerprint density at radius 2 is 1.37 bits per heavy atom. The van der Waals surface area contributed by atoms with E-state index >= 15 is 0 Å². The molecule has 0 fully saturated rings. The van der Waals surface area contributed by atoms with Crippen LogP contribution in [0.25, 0.3) is 0 Å². The molecule has 0 bridgehead atoms. The van der Waals surface area contributed by atoms with Crippen LogP contribution in [0.1, 0.15) is 18.9 Å². The molecule has 0 saturated carbocycles. The van der Waals surface area contributed by atoms with Crippen LogP contribution in [-0.4, -0.2) is 29.7 Å². The first-order valence-corrected chi connectivity index (χ1v) is 5.62. The van der Waals surface area contributed by atoms with E-state index in [1.54, 1.807) is 0 Å². The molecular formula is C12H14F5NO. The van der Waals surface area contributed by atoms with Crippen molar-refractivity contribution in [2.45, 2.75) is 26.0 Å². The molecule has 0 aliphatic heterocycles. The molecule has 1 rings (SSSR count). The Hall–Kier alpha value is -1.21. The molecule has 0 spiro atoms. The summed E-state index contributed by atoms with van der Waals surface area (Å²) < 4.78 is 65.4. The molecule has 0 saturated heterocycles. The molecule has 0 amide bonds. The van der Waals surface area contributed by atoms with Gasteiger partial charge in [-0.25, -0.2) is 22.0 Å². The van der Waals surface area contributed by atoms with Crippen molar-refractivity contribution in [1.82, 2.24) is 4.90 Å². The van der Waals surface area contributed by atoms with Gasteiger partial charge < -0.3 is 10.0 Å². The van der Waals surface area contributed by atoms with Gasteiger partial charge in [0.2, 0.25) is 5.82 Å². The van der Waals surface area contributed by atoms with Crippen LogP contribution in [-0.2, 0) is 6.54 Å². The second-order valence-electron chi connectivity index (χ2n) is 4.42. The first-order chi connectivity index (χ1) is 8.75. The smallest absolute Gasteiger partial charge is 0.200 e. The van der Waals surface area contributed by atoms with E-state index in [1.807, 2.05) is 0 Å². The summed E-state index contributed by atoms with van der Waals surface area (Å²) in [7, 11) is 1.46. The van der Waals surface area contributed by atoms with Crippen LogP contribution in [0, 0.1) is 29.1 Å². The van der Waals surface area contributed by atoms with Gasteiger partial charge in [-0.3, -0.25) is 0 Å². The summed E-state index contributed by atoms with van der Waals surface area (Å²) in [6.45, 7) is 1.36. The molecular weight excluding hydrogens is 269 g/mol. The van der Waals surface area contributed by atoms with E-state index in [0.717, 1.165) is 0 Å². The molecule has 1 N–H and O–H groups in total. The number of aliphatic hydroxyl groups excluding tert-OH is 1. The molecule has 108 valence electrons. The third-order valence-corrected chi connectivity index (χ3v) is 2.66. The highest BCUT2D eigenvalue weighted by Crippen LogP contribution is 2.23. The van der Waals surface area contributed by atoms with Crippen LogP contribution in [0.3, 0.4) is 0 Å². The van der Waals surface area contributed by atoms with E-state index in [-0.39, 0.29) is 6.54 Å². The summed E-state index contributed by atoms with van der Waals surface area (Å²) in [4.78, 5) is 1.37. The van der Waals surface area contributed by atoms with Crippen molar-refractivity contribution >= 4 is 0 Å². The SMILES string of the molecule is CC(O)CCN(C)Cc1c(F)c(F)c(F)c(F)c1F. The van der Waals surface area contributed by atoms with Crippen molar-refractivity contribution in [3.05, 3.63) is 34.6 Å². The maximum absolute atomic E-state index is 13.4. The molecule has 1 unspecified atom stereocenters. The monoisotopic (exact) mass is 283 g/mol. The zero-order valence-electron chi connectivity index (χ0n) is 10.5. The van der Waals surface area contributed by atoms with Crippen LogP contribution in [0.2, 0.25) is 0 Å². The van der Waals surface area contributed by atoms with Crippen molar-refractivity contribution in [3.8, 4) is 0 Å². The van der Waals surface area contributed by atoms with Gasteiger partial charge in [-0.2, -0.15) is 0 Å². The van der Waals surface area contributed by atoms with Crippen molar-refractivity contribution in [1.29, 1.82) is 0 Å². The minimum Gasteiger partial charge on any atom is -0.393 e. The number of nitrogens with zero attached hydrogens (tertiary/aromatic N) is 1. The minimum atomic E-state index is -2.16. The fourth-order valence-corrected chi connectivity index (χ4v) is 1.55. The van der Waals surface area contributed by atoms with Crippen LogP contribution < -0.4 is 0 Å². The van der Waals surface area contributed by atoms with E-state index in [0.29, 0.717) is 6.42 Å². The first kappa shape index (κ1) is 15.8. The summed E-state index contributed by atoms with van der Waals surface area (Å²) >= 11 is 0. The van der Waals surface area contributed by atoms with Gasteiger partial charge in [0, 0.05) is 18.7 Å². The van der Waals surface area contributed by atoms with Gasteiger partial charge >= 0.3 is 0 Å². The van der Waals surface area contributed by atoms with Crippen molar-refractivity contribution in [2.75, 3.05) is 13.6 Å². The van der Waals surface area contributed by atoms with Crippen LogP contribution in [0.15, 0.2) is 0 Å². The van der Waals surface area contributed by atoms with Crippen molar-refractivity contribution < 1.29 is 27.1 Å². The number of rotatable bonds is 5. The lowest BCUT2D eigenvalue weighted by molar-refractivity contribution is 0.161. The zero-order valence-corrected chi connectivity index (χ0v) is 10.5. The molecule has 0 aliphatic rings. The van der Waals surface area contributed by atoms with E-state index in [1.165, 1.54) is 18.9 Å². The summed E-state index contributed by atoms with van der Waals surface area (Å²) in [6, 6.07) is 0. The van der Waals surface area contributed by atoms with Crippen molar-refractivity contribution in [3.63, 3.8) is 0 Å². The van der Waals surface area contributed by atoms with Gasteiger partial charge in [0.1, 0.15) is 0 Å². The van der Waals surface area contributed by atoms with Gasteiger partial charge in [0.05, 0.1) is 6.10 Å². The molecule has 1 atom stereocenters. The first-order valence-electron chi connectivity index (χ1n) is 5.62. The molecule has 1 aromatic carbocycles. The Labute approximate surface area is 107 Å². The molecule has 19 heavy (non-hydrogen) atoms. The maximum atomic E-state index is 13.4. The molecule has 0 heterocycles. The predicted octanol–water partition coefficient (Wildman–Crippen LogP) is 2.58. The zero-order chi connectivity index (χ0) is 14.7. The minimum absolute atomic E-state index is 0.261. The third kappa shape index (κ3) is 3.63. The number of hydrogen-bond acceptors (Lipinski definition) is 2. The lowest BCUT2D eigenvalue weighted by atomic mass is 10.1. The van der Waals surface area contributed by atoms with Gasteiger partial charge in [-0.05, 0) is 20.4 Å². The second-order valence-corrected chi connectivity index (χ2v) is 4.42. The molecule has 7 heteroatoms. The van der Waals surface area contributed by atoms with Crippen molar-refractivity contribution in [2.24, 2.45) is 0 Å². The normalized spacial score (nSPS) is 13.1. The third-order valence-electron chi connectivity index (χ3n) is 2.66. The topological polar surface area (TPSA) is 23.5 Å². The lowest BCUT2D eigenvalue weighted by Gasteiger charge is -2.18. The summed E-state index contributed by atoms with van der Waals surface area (Å²) in [5.74, 6) is -9.69. The quantitative estimate of drug-likeness (QED) is 0.510. The Morgan fingerprint density at radius 1 is 0.947 bits per heavy atom. The fraction of sp³-hybridized carbons (Fsp3) is 0.500. The Bertz CT molecular complexity index is 435. The highest BCUT2D eigenvalue weighted by atomic mass is 19.2. The lowest BCUT2D eigenvalue weighted by Crippen LogP contribution is -2.24. The molecule has 2 nitrogen and oxygen atoms in total. The van der Waals surface area contributed by atoms with Crippen LogP contribution >= 0.6 is 0 Å². The van der Waals surface area contributed by atoms with Crippen LogP contribution in [0.5, 0.6) is 0 Å². The molecule has 1 aromatic rings. The Morgan fingerprint density at radius 3 is 1.79 bits per heavy atom. The van der Waals surface area contributed by atoms with Gasteiger partial charge in [-0.1, -0.05) is 0 Å². The average molecular weight is 283 g/mol. The highest BCUT2D eigenvalue weighted by molar-refractivity contribution is 5.23. The number of benzene rings is 1. The molecule has 0 aromatic heterocycles. The average Bonchev–Trinajstić information content (AvgIpc) is 2.36. The van der Waals surface area contributed by atoms with Gasteiger partial charge in [0.25, 0.3) is 0 Å². The fourth-order valence-electron chi connectivity index (χ4n) is 1.55. The summed E-state index contributed by atoms with van der Waals surface area (Å²) in [6.07, 6.45) is -0.287. The summed E-state index contributed by atoms with van der Waals surface area (Å²) in [5.41, 5.74) is -0.871. The van der Waals surface area contributed by atoms with Gasteiger partial charge in [-0.15, -0.1) is 0 Å². The molecule has 0 radical (unpaired) electrons.